The van der Waals surface area contributed by atoms with E-state index in [9.17, 15) is 0 Å². The summed E-state index contributed by atoms with van der Waals surface area (Å²) in [4.78, 5) is 0. The second kappa shape index (κ2) is 7.26. The molecule has 0 spiro atoms. The zero-order valence-corrected chi connectivity index (χ0v) is 23.7. The van der Waals surface area contributed by atoms with E-state index in [1.807, 2.05) is 11.3 Å². The molecule has 0 N–H and O–H groups in total. The first-order valence-electron chi connectivity index (χ1n) is 14.7. The molecule has 0 bridgehead atoms. The van der Waals surface area contributed by atoms with Gasteiger partial charge in [0.25, 0.3) is 0 Å². The van der Waals surface area contributed by atoms with Gasteiger partial charge >= 0.3 is 0 Å². The molecule has 1 aliphatic carbocycles. The van der Waals surface area contributed by atoms with E-state index in [-0.39, 0.29) is 0 Å². The molecule has 0 fully saturated rings. The van der Waals surface area contributed by atoms with Crippen LogP contribution in [0.15, 0.2) is 115 Å². The first kappa shape index (κ1) is 21.7. The summed E-state index contributed by atoms with van der Waals surface area (Å²) in [6.07, 6.45) is 0. The molecular weight excluding hydrogens is 525 g/mol. The van der Waals surface area contributed by atoms with E-state index in [4.69, 9.17) is 0 Å². The van der Waals surface area contributed by atoms with Gasteiger partial charge in [-0.05, 0) is 101 Å². The van der Waals surface area contributed by atoms with Crippen LogP contribution in [-0.4, -0.2) is 0 Å². The average molecular weight is 547 g/mol. The maximum Gasteiger partial charge on any atom is 0.0446 e. The van der Waals surface area contributed by atoms with Crippen molar-refractivity contribution >= 4 is 96.1 Å². The number of rotatable bonds is 0. The van der Waals surface area contributed by atoms with Crippen LogP contribution in [0.3, 0.4) is 0 Å². The summed E-state index contributed by atoms with van der Waals surface area (Å²) >= 11 is 2.01. The van der Waals surface area contributed by atoms with Gasteiger partial charge in [0.15, 0.2) is 0 Å². The highest BCUT2D eigenvalue weighted by molar-refractivity contribution is 7.28. The molecule has 0 saturated heterocycles. The fourth-order valence-corrected chi connectivity index (χ4v) is 9.79. The maximum atomic E-state index is 2.44. The molecule has 0 saturated carbocycles. The summed E-state index contributed by atoms with van der Waals surface area (Å²) in [6.45, 7) is 2.31. The van der Waals surface area contributed by atoms with Gasteiger partial charge in [-0.1, -0.05) is 103 Å². The predicted octanol–water partition coefficient (Wildman–Crippen LogP) is 12.4. The SMILES string of the molecule is Cc1c2ccc3ccccc3c2c2sc3c4c5c(ccc4cc4ccc1c2c43)-c1cc2ccccc2c2cccc-5c12. The van der Waals surface area contributed by atoms with Crippen molar-refractivity contribution in [3.8, 4) is 22.3 Å². The van der Waals surface area contributed by atoms with Crippen molar-refractivity contribution in [2.24, 2.45) is 0 Å². The van der Waals surface area contributed by atoms with Gasteiger partial charge in [0.05, 0.1) is 0 Å². The van der Waals surface area contributed by atoms with Crippen LogP contribution in [0.25, 0.3) is 107 Å². The van der Waals surface area contributed by atoms with Crippen LogP contribution >= 0.6 is 11.3 Å². The molecular formula is C41H22S. The summed E-state index contributed by atoms with van der Waals surface area (Å²) in [5, 5.41) is 19.2. The van der Waals surface area contributed by atoms with Crippen molar-refractivity contribution in [3.05, 3.63) is 121 Å². The minimum atomic E-state index is 1.31. The molecule has 11 rings (SSSR count). The zero-order valence-electron chi connectivity index (χ0n) is 22.9. The molecule has 1 heterocycles. The Labute approximate surface area is 245 Å². The van der Waals surface area contributed by atoms with Gasteiger partial charge in [0.1, 0.15) is 0 Å². The molecule has 1 aliphatic rings. The second-order valence-corrected chi connectivity index (χ2v) is 13.0. The van der Waals surface area contributed by atoms with Gasteiger partial charge in [0.2, 0.25) is 0 Å². The van der Waals surface area contributed by atoms with Crippen LogP contribution in [0.2, 0.25) is 0 Å². The van der Waals surface area contributed by atoms with Gasteiger partial charge < -0.3 is 0 Å². The Kier molecular flexibility index (Phi) is 3.75. The van der Waals surface area contributed by atoms with Gasteiger partial charge in [-0.2, -0.15) is 0 Å². The summed E-state index contributed by atoms with van der Waals surface area (Å²) in [6, 6.07) is 43.6. The summed E-state index contributed by atoms with van der Waals surface area (Å²) in [5.74, 6) is 0. The first-order chi connectivity index (χ1) is 20.8. The largest absolute Gasteiger partial charge is 0.134 e. The minimum absolute atomic E-state index is 1.31. The lowest BCUT2D eigenvalue weighted by molar-refractivity contribution is 1.61. The van der Waals surface area contributed by atoms with Crippen LogP contribution < -0.4 is 0 Å². The minimum Gasteiger partial charge on any atom is -0.134 e. The van der Waals surface area contributed by atoms with E-state index in [2.05, 4.69) is 122 Å². The van der Waals surface area contributed by atoms with Gasteiger partial charge in [0, 0.05) is 30.9 Å². The standard InChI is InChI=1S/C41H22S/c1-21-26-16-13-22-7-2-5-10-29(22)38(26)41-39-27(21)17-14-25-19-24-15-18-31-33-20-23-8-3-4-9-28(23)30-11-6-12-32(36(30)33)37(31)34(24)40(42-41)35(25)39/h2-20H,1H3. The van der Waals surface area contributed by atoms with Crippen molar-refractivity contribution in [1.29, 1.82) is 0 Å². The Bertz CT molecular complexity index is 2850. The Morgan fingerprint density at radius 3 is 1.98 bits per heavy atom. The third-order valence-corrected chi connectivity index (χ3v) is 11.3. The molecule has 0 atom stereocenters. The third-order valence-electron chi connectivity index (χ3n) is 10.1. The lowest BCUT2D eigenvalue weighted by atomic mass is 9.89. The van der Waals surface area contributed by atoms with Crippen LogP contribution in [0.5, 0.6) is 0 Å². The lowest BCUT2D eigenvalue weighted by Gasteiger charge is -2.13. The van der Waals surface area contributed by atoms with Crippen molar-refractivity contribution < 1.29 is 0 Å². The topological polar surface area (TPSA) is 0 Å². The average Bonchev–Trinajstić information content (AvgIpc) is 3.59. The number of hydrogen-bond acceptors (Lipinski definition) is 1. The predicted molar refractivity (Wildman–Crippen MR) is 185 cm³/mol. The molecule has 0 radical (unpaired) electrons. The Hall–Kier alpha value is -4.98. The van der Waals surface area contributed by atoms with E-state index in [1.54, 1.807) is 0 Å². The number of hydrogen-bond donors (Lipinski definition) is 0. The fourth-order valence-electron chi connectivity index (χ4n) is 8.30. The molecule has 1 heteroatoms. The van der Waals surface area contributed by atoms with Crippen LogP contribution in [0.4, 0.5) is 0 Å². The monoisotopic (exact) mass is 546 g/mol. The summed E-state index contributed by atoms with van der Waals surface area (Å²) in [5.41, 5.74) is 6.90. The maximum absolute atomic E-state index is 2.44. The molecule has 42 heavy (non-hydrogen) atoms. The highest BCUT2D eigenvalue weighted by atomic mass is 32.1. The second-order valence-electron chi connectivity index (χ2n) is 12.0. The van der Waals surface area contributed by atoms with Gasteiger partial charge in [-0.3, -0.25) is 0 Å². The number of aryl methyl sites for hydroxylation is 1. The van der Waals surface area contributed by atoms with E-state index in [1.165, 1.54) is 113 Å². The number of benzene rings is 9. The zero-order chi connectivity index (χ0) is 27.3. The van der Waals surface area contributed by atoms with Crippen molar-refractivity contribution in [1.82, 2.24) is 0 Å². The molecule has 0 nitrogen and oxygen atoms in total. The van der Waals surface area contributed by atoms with Crippen molar-refractivity contribution in [3.63, 3.8) is 0 Å². The van der Waals surface area contributed by atoms with Gasteiger partial charge in [-0.25, -0.2) is 0 Å². The number of fused-ring (bicyclic) bond motifs is 12. The summed E-state index contributed by atoms with van der Waals surface area (Å²) in [7, 11) is 0. The van der Waals surface area contributed by atoms with Crippen molar-refractivity contribution in [2.75, 3.05) is 0 Å². The molecule has 0 amide bonds. The van der Waals surface area contributed by atoms with Crippen molar-refractivity contribution in [2.45, 2.75) is 6.92 Å². The molecule has 1 aromatic heterocycles. The quantitative estimate of drug-likeness (QED) is 0.131. The van der Waals surface area contributed by atoms with Gasteiger partial charge in [-0.15, -0.1) is 11.3 Å². The normalized spacial score (nSPS) is 12.9. The highest BCUT2D eigenvalue weighted by Crippen LogP contribution is 2.56. The van der Waals surface area contributed by atoms with E-state index in [0.29, 0.717) is 0 Å². The summed E-state index contributed by atoms with van der Waals surface area (Å²) < 4.78 is 2.85. The smallest absolute Gasteiger partial charge is 0.0446 e. The Balaban J connectivity index is 1.40. The highest BCUT2D eigenvalue weighted by Gasteiger charge is 2.27. The van der Waals surface area contributed by atoms with E-state index in [0.717, 1.165) is 0 Å². The molecule has 0 unspecified atom stereocenters. The molecule has 10 aromatic rings. The fraction of sp³-hybridized carbons (Fsp3) is 0.0244. The molecule has 192 valence electrons. The Morgan fingerprint density at radius 1 is 0.381 bits per heavy atom. The van der Waals surface area contributed by atoms with E-state index >= 15 is 0 Å². The third kappa shape index (κ3) is 2.40. The number of thiophene rings is 1. The van der Waals surface area contributed by atoms with E-state index < -0.39 is 0 Å². The van der Waals surface area contributed by atoms with Crippen LogP contribution in [0, 0.1) is 6.92 Å². The van der Waals surface area contributed by atoms with Crippen LogP contribution in [0.1, 0.15) is 5.56 Å². The first-order valence-corrected chi connectivity index (χ1v) is 15.5. The molecule has 0 aliphatic heterocycles. The Morgan fingerprint density at radius 2 is 1.07 bits per heavy atom. The lowest BCUT2D eigenvalue weighted by Crippen LogP contribution is -1.87. The van der Waals surface area contributed by atoms with Crippen LogP contribution in [-0.2, 0) is 0 Å². The molecule has 9 aromatic carbocycles.